The summed E-state index contributed by atoms with van der Waals surface area (Å²) in [6.45, 7) is 8.36. The van der Waals surface area contributed by atoms with Gasteiger partial charge in [-0.05, 0) is 17.4 Å². The second-order valence-corrected chi connectivity index (χ2v) is 5.79. The lowest BCUT2D eigenvalue weighted by Gasteiger charge is -2.19. The molecule has 1 nitrogen and oxygen atoms in total. The van der Waals surface area contributed by atoms with Crippen molar-refractivity contribution in [2.75, 3.05) is 0 Å². The van der Waals surface area contributed by atoms with Crippen LogP contribution < -0.4 is 0 Å². The van der Waals surface area contributed by atoms with Crippen molar-refractivity contribution in [2.45, 2.75) is 40.5 Å². The van der Waals surface area contributed by atoms with E-state index in [1.165, 1.54) is 5.56 Å². The van der Waals surface area contributed by atoms with Crippen molar-refractivity contribution in [3.63, 3.8) is 0 Å². The van der Waals surface area contributed by atoms with Crippen LogP contribution in [0.4, 0.5) is 0 Å². The summed E-state index contributed by atoms with van der Waals surface area (Å²) >= 11 is 0. The summed E-state index contributed by atoms with van der Waals surface area (Å²) in [6.07, 6.45) is 1.52. The maximum absolute atomic E-state index is 12.0. The Morgan fingerprint density at radius 1 is 1.19 bits per heavy atom. The van der Waals surface area contributed by atoms with Crippen LogP contribution in [0.5, 0.6) is 0 Å². The van der Waals surface area contributed by atoms with E-state index in [2.05, 4.69) is 32.9 Å². The minimum absolute atomic E-state index is 0.0992. The second kappa shape index (κ2) is 5.29. The molecule has 0 aromatic heterocycles. The van der Waals surface area contributed by atoms with Gasteiger partial charge in [-0.25, -0.2) is 0 Å². The molecule has 0 fully saturated rings. The third-order valence-corrected chi connectivity index (χ3v) is 2.64. The Hall–Kier alpha value is -1.11. The maximum atomic E-state index is 12.0. The highest BCUT2D eigenvalue weighted by Crippen LogP contribution is 2.22. The van der Waals surface area contributed by atoms with Gasteiger partial charge in [-0.15, -0.1) is 0 Å². The van der Waals surface area contributed by atoms with Crippen molar-refractivity contribution < 1.29 is 4.79 Å². The zero-order valence-electron chi connectivity index (χ0n) is 10.8. The molecule has 1 aromatic carbocycles. The zero-order valence-corrected chi connectivity index (χ0v) is 10.8. The molecule has 1 aromatic rings. The molecule has 0 radical (unpaired) electrons. The third kappa shape index (κ3) is 4.61. The summed E-state index contributed by atoms with van der Waals surface area (Å²) < 4.78 is 0. The quantitative estimate of drug-likeness (QED) is 0.749. The minimum Gasteiger partial charge on any atom is -0.299 e. The molecule has 0 aliphatic carbocycles. The molecule has 0 unspecified atom stereocenters. The van der Waals surface area contributed by atoms with Gasteiger partial charge in [0.1, 0.15) is 5.78 Å². The van der Waals surface area contributed by atoms with E-state index in [1.807, 2.05) is 25.1 Å². The summed E-state index contributed by atoms with van der Waals surface area (Å²) in [4.78, 5) is 12.0. The first-order chi connectivity index (χ1) is 7.38. The van der Waals surface area contributed by atoms with E-state index >= 15 is 0 Å². The van der Waals surface area contributed by atoms with Crippen molar-refractivity contribution >= 4 is 5.78 Å². The molecule has 0 bridgehead atoms. The van der Waals surface area contributed by atoms with E-state index in [0.717, 1.165) is 6.42 Å². The number of carbonyl (C=O) groups excluding carboxylic acids is 1. The van der Waals surface area contributed by atoms with Gasteiger partial charge >= 0.3 is 0 Å². The minimum atomic E-state index is 0.0992. The van der Waals surface area contributed by atoms with Gasteiger partial charge < -0.3 is 0 Å². The van der Waals surface area contributed by atoms with Crippen LogP contribution in [0.25, 0.3) is 0 Å². The Labute approximate surface area is 98.9 Å². The highest BCUT2D eigenvalue weighted by molar-refractivity contribution is 5.81. The highest BCUT2D eigenvalue weighted by atomic mass is 16.1. The molecule has 0 spiro atoms. The van der Waals surface area contributed by atoms with Crippen LogP contribution in [-0.2, 0) is 11.2 Å². The van der Waals surface area contributed by atoms with Gasteiger partial charge in [0.15, 0.2) is 0 Å². The lowest BCUT2D eigenvalue weighted by atomic mass is 9.84. The van der Waals surface area contributed by atoms with Crippen LogP contribution in [0.3, 0.4) is 0 Å². The molecule has 88 valence electrons. The molecule has 0 saturated carbocycles. The van der Waals surface area contributed by atoms with E-state index in [1.54, 1.807) is 0 Å². The molecule has 0 aliphatic heterocycles. The number of hydrogen-bond acceptors (Lipinski definition) is 1. The lowest BCUT2D eigenvalue weighted by Crippen LogP contribution is -2.20. The Bertz CT molecular complexity index is 332. The molecule has 0 amide bonds. The van der Waals surface area contributed by atoms with Crippen LogP contribution in [0.1, 0.15) is 39.7 Å². The zero-order chi connectivity index (χ0) is 12.2. The van der Waals surface area contributed by atoms with Gasteiger partial charge in [0.05, 0.1) is 0 Å². The smallest absolute Gasteiger partial charge is 0.136 e. The lowest BCUT2D eigenvalue weighted by molar-refractivity contribution is -0.124. The topological polar surface area (TPSA) is 17.1 Å². The molecule has 0 heterocycles. The van der Waals surface area contributed by atoms with E-state index < -0.39 is 0 Å². The second-order valence-electron chi connectivity index (χ2n) is 5.79. The van der Waals surface area contributed by atoms with Gasteiger partial charge in [-0.2, -0.15) is 0 Å². The Kier molecular flexibility index (Phi) is 4.28. The number of Topliss-reactive ketones (excluding diaryl/α,β-unsaturated/α-hetero) is 1. The van der Waals surface area contributed by atoms with E-state index in [9.17, 15) is 4.79 Å². The predicted molar refractivity (Wildman–Crippen MR) is 68.4 cm³/mol. The molecular formula is C15H22O. The molecule has 16 heavy (non-hydrogen) atoms. The predicted octanol–water partition coefficient (Wildman–Crippen LogP) is 3.87. The summed E-state index contributed by atoms with van der Waals surface area (Å²) in [6, 6.07) is 10.2. The van der Waals surface area contributed by atoms with Crippen molar-refractivity contribution in [3.8, 4) is 0 Å². The molecule has 0 saturated heterocycles. The normalized spacial score (nSPS) is 13.5. The Morgan fingerprint density at radius 2 is 1.75 bits per heavy atom. The Morgan fingerprint density at radius 3 is 2.25 bits per heavy atom. The molecule has 0 N–H and O–H groups in total. The molecule has 1 rings (SSSR count). The van der Waals surface area contributed by atoms with Gasteiger partial charge in [0.2, 0.25) is 0 Å². The maximum Gasteiger partial charge on any atom is 0.136 e. The molecule has 1 heteroatoms. The highest BCUT2D eigenvalue weighted by Gasteiger charge is 2.20. The first-order valence-corrected chi connectivity index (χ1v) is 5.95. The van der Waals surface area contributed by atoms with Gasteiger partial charge in [0, 0.05) is 12.3 Å². The summed E-state index contributed by atoms with van der Waals surface area (Å²) in [5.74, 6) is 0.498. The van der Waals surface area contributed by atoms with Crippen molar-refractivity contribution in [3.05, 3.63) is 35.9 Å². The van der Waals surface area contributed by atoms with E-state index in [4.69, 9.17) is 0 Å². The van der Waals surface area contributed by atoms with Crippen molar-refractivity contribution in [2.24, 2.45) is 11.3 Å². The van der Waals surface area contributed by atoms with Crippen molar-refractivity contribution in [1.29, 1.82) is 0 Å². The standard InChI is InChI=1S/C15H22O/c1-12(14(16)11-15(2,3)4)10-13-8-6-5-7-9-13/h5-9,12H,10-11H2,1-4H3/t12-/m0/s1. The first kappa shape index (κ1) is 13.0. The fraction of sp³-hybridized carbons (Fsp3) is 0.533. The fourth-order valence-electron chi connectivity index (χ4n) is 1.78. The number of ketones is 1. The van der Waals surface area contributed by atoms with Gasteiger partial charge in [-0.1, -0.05) is 58.0 Å². The summed E-state index contributed by atoms with van der Waals surface area (Å²) in [7, 11) is 0. The van der Waals surface area contributed by atoms with E-state index in [-0.39, 0.29) is 11.3 Å². The number of benzene rings is 1. The fourth-order valence-corrected chi connectivity index (χ4v) is 1.78. The van der Waals surface area contributed by atoms with Gasteiger partial charge in [0.25, 0.3) is 0 Å². The molecule has 0 aliphatic rings. The number of carbonyl (C=O) groups is 1. The summed E-state index contributed by atoms with van der Waals surface area (Å²) in [5, 5.41) is 0. The molecule has 1 atom stereocenters. The average Bonchev–Trinajstić information content (AvgIpc) is 2.16. The number of rotatable bonds is 4. The Balaban J connectivity index is 2.53. The largest absolute Gasteiger partial charge is 0.299 e. The van der Waals surface area contributed by atoms with Crippen molar-refractivity contribution in [1.82, 2.24) is 0 Å². The van der Waals surface area contributed by atoms with Gasteiger partial charge in [-0.3, -0.25) is 4.79 Å². The van der Waals surface area contributed by atoms with Crippen LogP contribution >= 0.6 is 0 Å². The summed E-state index contributed by atoms with van der Waals surface area (Å²) in [5.41, 5.74) is 1.35. The first-order valence-electron chi connectivity index (χ1n) is 5.95. The van der Waals surface area contributed by atoms with Crippen LogP contribution in [0, 0.1) is 11.3 Å². The van der Waals surface area contributed by atoms with E-state index in [0.29, 0.717) is 12.2 Å². The van der Waals surface area contributed by atoms with Crippen LogP contribution in [0.2, 0.25) is 0 Å². The average molecular weight is 218 g/mol. The molecular weight excluding hydrogens is 196 g/mol. The van der Waals surface area contributed by atoms with Crippen LogP contribution in [0.15, 0.2) is 30.3 Å². The number of hydrogen-bond donors (Lipinski definition) is 0. The SMILES string of the molecule is C[C@@H](Cc1ccccc1)C(=O)CC(C)(C)C. The van der Waals surface area contributed by atoms with Crippen LogP contribution in [-0.4, -0.2) is 5.78 Å². The third-order valence-electron chi connectivity index (χ3n) is 2.64. The monoisotopic (exact) mass is 218 g/mol.